The lowest BCUT2D eigenvalue weighted by Gasteiger charge is -2.47. The van der Waals surface area contributed by atoms with Gasteiger partial charge in [0.25, 0.3) is 0 Å². The zero-order chi connectivity index (χ0) is 27.4. The van der Waals surface area contributed by atoms with Gasteiger partial charge in [0.1, 0.15) is 5.54 Å². The molecule has 9 heteroatoms. The van der Waals surface area contributed by atoms with E-state index in [1.54, 1.807) is 4.90 Å². The predicted octanol–water partition coefficient (Wildman–Crippen LogP) is 3.82. The summed E-state index contributed by atoms with van der Waals surface area (Å²) in [7, 11) is 0. The Morgan fingerprint density at radius 1 is 0.919 bits per heavy atom. The van der Waals surface area contributed by atoms with Gasteiger partial charge < -0.3 is 14.9 Å². The van der Waals surface area contributed by atoms with E-state index >= 15 is 0 Å². The number of carbonyl (C=O) groups excluding carboxylic acids is 2. The minimum absolute atomic E-state index is 0.0224. The summed E-state index contributed by atoms with van der Waals surface area (Å²) < 4.78 is 5.54. The molecule has 2 N–H and O–H groups in total. The van der Waals surface area contributed by atoms with Crippen LogP contribution >= 0.6 is 0 Å². The number of ether oxygens (including phenoxy) is 1. The van der Waals surface area contributed by atoms with E-state index in [4.69, 9.17) is 24.5 Å². The molecule has 0 atom stereocenters. The summed E-state index contributed by atoms with van der Waals surface area (Å²) in [6.45, 7) is 8.47. The van der Waals surface area contributed by atoms with Gasteiger partial charge in [-0.1, -0.05) is 62.4 Å². The summed E-state index contributed by atoms with van der Waals surface area (Å²) in [5.41, 5.74) is 1.04. The molecule has 0 unspecified atom stereocenters. The van der Waals surface area contributed by atoms with E-state index in [0.717, 1.165) is 25.3 Å². The Kier molecular flexibility index (Phi) is 11.3. The second-order valence-corrected chi connectivity index (χ2v) is 9.29. The molecule has 9 nitrogen and oxygen atoms in total. The van der Waals surface area contributed by atoms with Crippen molar-refractivity contribution in [2.75, 3.05) is 24.6 Å². The number of carboxylic acid groups (broad SMARTS) is 2. The van der Waals surface area contributed by atoms with E-state index < -0.39 is 17.5 Å². The molecule has 0 saturated carbocycles. The van der Waals surface area contributed by atoms with Gasteiger partial charge in [-0.05, 0) is 43.4 Å². The third-order valence-corrected chi connectivity index (χ3v) is 6.05. The first-order valence-corrected chi connectivity index (χ1v) is 12.4. The molecule has 0 bridgehead atoms. The number of rotatable bonds is 8. The van der Waals surface area contributed by atoms with Crippen LogP contribution in [0.15, 0.2) is 60.7 Å². The van der Waals surface area contributed by atoms with E-state index in [0.29, 0.717) is 25.9 Å². The smallest absolute Gasteiger partial charge is 0.414 e. The number of likely N-dealkylation sites (tertiary alicyclic amines) is 1. The van der Waals surface area contributed by atoms with Crippen LogP contribution in [0.4, 0.5) is 5.69 Å². The van der Waals surface area contributed by atoms with Gasteiger partial charge in [-0.2, -0.15) is 0 Å². The number of benzene rings is 2. The molecule has 3 rings (SSSR count). The number of esters is 1. The van der Waals surface area contributed by atoms with Crippen molar-refractivity contribution < 1.29 is 34.1 Å². The van der Waals surface area contributed by atoms with Crippen molar-refractivity contribution in [1.82, 2.24) is 4.90 Å². The summed E-state index contributed by atoms with van der Waals surface area (Å²) >= 11 is 0. The average molecular weight is 513 g/mol. The van der Waals surface area contributed by atoms with E-state index in [1.165, 1.54) is 5.56 Å². The number of nitrogens with zero attached hydrogens (tertiary/aromatic N) is 2. The molecule has 1 aliphatic rings. The van der Waals surface area contributed by atoms with Gasteiger partial charge in [0.05, 0.1) is 6.61 Å². The third-order valence-electron chi connectivity index (χ3n) is 6.05. The first kappa shape index (κ1) is 29.5. The maximum atomic E-state index is 13.4. The minimum Gasteiger partial charge on any atom is -0.473 e. The number of piperidine rings is 1. The molecule has 1 fully saturated rings. The Morgan fingerprint density at radius 3 is 1.89 bits per heavy atom. The highest BCUT2D eigenvalue weighted by atomic mass is 16.5. The van der Waals surface area contributed by atoms with Crippen molar-refractivity contribution in [2.24, 2.45) is 5.92 Å². The standard InChI is InChI=1S/C26H34N2O3.C2H2O4/c1-4-31-25(30)26(15-17-27(18-16-26)20-22-11-7-5-8-12-22)28(24(29)19-21(2)3)23-13-9-6-10-14-23;3-1(4)2(5)6/h5-14,21H,4,15-20H2,1-3H3;(H,3,4)(H,5,6). The molecule has 1 aliphatic heterocycles. The molecule has 37 heavy (non-hydrogen) atoms. The van der Waals surface area contributed by atoms with E-state index in [1.807, 2.05) is 69.3 Å². The lowest BCUT2D eigenvalue weighted by Crippen LogP contribution is -2.63. The van der Waals surface area contributed by atoms with Crippen molar-refractivity contribution in [3.63, 3.8) is 0 Å². The SMILES string of the molecule is CCOC(=O)C1(N(C(=O)CC(C)C)c2ccccc2)CCN(Cc2ccccc2)CC1.O=C(O)C(=O)O. The van der Waals surface area contributed by atoms with Crippen molar-refractivity contribution in [3.05, 3.63) is 66.2 Å². The third kappa shape index (κ3) is 8.42. The summed E-state index contributed by atoms with van der Waals surface area (Å²) in [6.07, 6.45) is 1.50. The Balaban J connectivity index is 0.000000717. The average Bonchev–Trinajstić information content (AvgIpc) is 2.86. The zero-order valence-corrected chi connectivity index (χ0v) is 21.6. The molecule has 0 spiro atoms. The van der Waals surface area contributed by atoms with Crippen molar-refractivity contribution in [2.45, 2.75) is 52.1 Å². The van der Waals surface area contributed by atoms with Gasteiger partial charge >= 0.3 is 17.9 Å². The number of amides is 1. The Labute approximate surface area is 217 Å². The largest absolute Gasteiger partial charge is 0.473 e. The summed E-state index contributed by atoms with van der Waals surface area (Å²) in [4.78, 5) is 49.1. The van der Waals surface area contributed by atoms with Crippen LogP contribution in [-0.4, -0.2) is 64.2 Å². The van der Waals surface area contributed by atoms with Gasteiger partial charge in [-0.3, -0.25) is 14.6 Å². The number of carboxylic acids is 2. The topological polar surface area (TPSA) is 124 Å². The fraction of sp³-hybridized carbons (Fsp3) is 0.429. The molecular formula is C28H36N2O7. The number of carbonyl (C=O) groups is 4. The van der Waals surface area contributed by atoms with E-state index in [2.05, 4.69) is 17.0 Å². The number of hydrogen-bond acceptors (Lipinski definition) is 6. The van der Waals surface area contributed by atoms with Crippen LogP contribution in [0.5, 0.6) is 0 Å². The molecule has 2 aromatic rings. The van der Waals surface area contributed by atoms with Crippen molar-refractivity contribution >= 4 is 29.5 Å². The normalized spacial score (nSPS) is 14.7. The maximum absolute atomic E-state index is 13.4. The quantitative estimate of drug-likeness (QED) is 0.404. The molecule has 1 heterocycles. The fourth-order valence-electron chi connectivity index (χ4n) is 4.35. The van der Waals surface area contributed by atoms with Crippen LogP contribution in [0.25, 0.3) is 0 Å². The first-order chi connectivity index (χ1) is 17.6. The van der Waals surface area contributed by atoms with Crippen LogP contribution in [0, 0.1) is 5.92 Å². The molecule has 2 aromatic carbocycles. The molecule has 1 saturated heterocycles. The van der Waals surface area contributed by atoms with Gasteiger partial charge in [0, 0.05) is 31.7 Å². The Hall–Kier alpha value is -3.72. The van der Waals surface area contributed by atoms with Gasteiger partial charge in [0.15, 0.2) is 0 Å². The highest BCUT2D eigenvalue weighted by Gasteiger charge is 2.50. The van der Waals surface area contributed by atoms with Crippen molar-refractivity contribution in [1.29, 1.82) is 0 Å². The molecule has 200 valence electrons. The number of aliphatic carboxylic acids is 2. The second kappa shape index (κ2) is 14.1. The van der Waals surface area contributed by atoms with E-state index in [9.17, 15) is 9.59 Å². The highest BCUT2D eigenvalue weighted by Crippen LogP contribution is 2.36. The summed E-state index contributed by atoms with van der Waals surface area (Å²) in [5, 5.41) is 14.8. The van der Waals surface area contributed by atoms with Crippen LogP contribution in [0.2, 0.25) is 0 Å². The minimum atomic E-state index is -1.82. The number of para-hydroxylation sites is 1. The number of hydrogen-bond donors (Lipinski definition) is 2. The Morgan fingerprint density at radius 2 is 1.43 bits per heavy atom. The molecule has 0 aromatic heterocycles. The molecule has 0 radical (unpaired) electrons. The van der Waals surface area contributed by atoms with Gasteiger partial charge in [-0.25, -0.2) is 14.4 Å². The van der Waals surface area contributed by atoms with Crippen LogP contribution in [-0.2, 0) is 30.5 Å². The second-order valence-electron chi connectivity index (χ2n) is 9.29. The highest BCUT2D eigenvalue weighted by molar-refractivity contribution is 6.27. The summed E-state index contributed by atoms with van der Waals surface area (Å²) in [6, 6.07) is 19.9. The van der Waals surface area contributed by atoms with E-state index in [-0.39, 0.29) is 17.8 Å². The predicted molar refractivity (Wildman–Crippen MR) is 139 cm³/mol. The first-order valence-electron chi connectivity index (χ1n) is 12.4. The monoisotopic (exact) mass is 512 g/mol. The lowest BCUT2D eigenvalue weighted by atomic mass is 9.84. The molecule has 1 amide bonds. The lowest BCUT2D eigenvalue weighted by molar-refractivity contribution is -0.159. The number of anilines is 1. The van der Waals surface area contributed by atoms with Crippen molar-refractivity contribution in [3.8, 4) is 0 Å². The Bertz CT molecular complexity index is 1020. The van der Waals surface area contributed by atoms with Gasteiger partial charge in [0.2, 0.25) is 5.91 Å². The van der Waals surface area contributed by atoms with Gasteiger partial charge in [-0.15, -0.1) is 0 Å². The molecule has 0 aliphatic carbocycles. The van der Waals surface area contributed by atoms with Crippen LogP contribution < -0.4 is 4.90 Å². The maximum Gasteiger partial charge on any atom is 0.414 e. The summed E-state index contributed by atoms with van der Waals surface area (Å²) in [5.74, 6) is -3.76. The van der Waals surface area contributed by atoms with Crippen LogP contribution in [0.3, 0.4) is 0 Å². The molecular weight excluding hydrogens is 476 g/mol. The zero-order valence-electron chi connectivity index (χ0n) is 21.6. The van der Waals surface area contributed by atoms with Crippen LogP contribution in [0.1, 0.15) is 45.6 Å². The fourth-order valence-corrected chi connectivity index (χ4v) is 4.35.